The number of fused-ring (bicyclic) bond motifs is 5. The predicted octanol–water partition coefficient (Wildman–Crippen LogP) is 8.65. The van der Waals surface area contributed by atoms with Gasteiger partial charge in [0.15, 0.2) is 17.5 Å². The topological polar surface area (TPSA) is 232 Å². The minimum absolute atomic E-state index is 0.0570. The number of Topliss-reactive ketones (excluding diaryl/α,β-unsaturated/α-hetero) is 1. The third-order valence-electron chi connectivity index (χ3n) is 15.9. The summed E-state index contributed by atoms with van der Waals surface area (Å²) in [6, 6.07) is 37.0. The number of nitrogens with one attached hydrogen (secondary N) is 1. The van der Waals surface area contributed by atoms with Crippen molar-refractivity contribution < 1.29 is 72.1 Å². The van der Waals surface area contributed by atoms with E-state index in [1.54, 1.807) is 124 Å². The summed E-state index contributed by atoms with van der Waals surface area (Å²) in [6.45, 7) is 8.05. The number of carbonyl (C=O) groups excluding carboxylic acids is 6. The molecule has 3 aliphatic carbocycles. The van der Waals surface area contributed by atoms with Crippen molar-refractivity contribution in [3.05, 3.63) is 173 Å². The molecule has 79 heavy (non-hydrogen) atoms. The number of nitrogens with zero attached hydrogens (tertiary/aromatic N) is 1. The van der Waals surface area contributed by atoms with E-state index >= 15 is 9.59 Å². The number of aliphatic hydroxyl groups is 2. The molecule has 11 atom stereocenters. The standard InChI is InChI=1S/C60H62N2O15S2/c1-35-43(31-60(70)53(71-32-38-18-10-7-11-19-38)51-58(6,44(65)30-45-59(51,34-73-45)77-37(3)64)52(66)49(74-36(2)63)47(35)57(60,4)5)75-55(68)50(48(40-20-12-8-13-21-40)62-54(67)41-22-14-9-15-23-41)76-56(69)72-33-39-25-27-42(28-26-39)78-79-46-24-16-17-29-61-46/h7-29,43-45,48-51,53,65,70H,30-34H2,1-6H3,(H,62,67)/t43-,44-,45+,48-,49+,50+,51-,53-,58+,59-,60+/m0/s1. The molecule has 4 aliphatic rings. The van der Waals surface area contributed by atoms with Gasteiger partial charge in [0.2, 0.25) is 6.10 Å². The maximum absolute atomic E-state index is 15.8. The quantitative estimate of drug-likeness (QED) is 0.0342. The molecular formula is C60H62N2O15S2. The van der Waals surface area contributed by atoms with E-state index < -0.39 is 113 Å². The Hall–Kier alpha value is -6.87. The van der Waals surface area contributed by atoms with Crippen molar-refractivity contribution in [3.63, 3.8) is 0 Å². The average molecular weight is 1120 g/mol. The van der Waals surface area contributed by atoms with Crippen molar-refractivity contribution >= 4 is 57.3 Å². The Morgan fingerprint density at radius 2 is 1.44 bits per heavy atom. The summed E-state index contributed by atoms with van der Waals surface area (Å²) in [4.78, 5) is 91.2. The van der Waals surface area contributed by atoms with Crippen LogP contribution >= 0.6 is 21.6 Å². The Morgan fingerprint density at radius 3 is 2.06 bits per heavy atom. The van der Waals surface area contributed by atoms with E-state index in [-0.39, 0.29) is 43.0 Å². The van der Waals surface area contributed by atoms with Crippen LogP contribution in [0.3, 0.4) is 0 Å². The fraction of sp³-hybridized carbons (Fsp3) is 0.383. The van der Waals surface area contributed by atoms with Crippen LogP contribution in [0.1, 0.15) is 87.5 Å². The van der Waals surface area contributed by atoms with E-state index in [2.05, 4.69) is 10.3 Å². The second-order valence-electron chi connectivity index (χ2n) is 21.0. The lowest BCUT2D eigenvalue weighted by Gasteiger charge is -2.67. The van der Waals surface area contributed by atoms with Gasteiger partial charge in [-0.25, -0.2) is 14.6 Å². The SMILES string of the molecule is CC(=O)O[C@H]1C(=O)[C@@]2(C)[C@H]([C@H](OCc3ccccc3)[C@]3(O)C[C@H](OC(=O)[C@H](OC(=O)OCc4ccc(SSc5ccccn5)cc4)[C@@H](NC(=O)c4ccccc4)c4ccccc4)C(C)=C1C3(C)C)[C@]1(OC(C)=O)CO[C@@H]1C[C@@H]2O. The van der Waals surface area contributed by atoms with Gasteiger partial charge in [0.25, 0.3) is 5.91 Å². The second-order valence-corrected chi connectivity index (χ2v) is 23.2. The van der Waals surface area contributed by atoms with Crippen LogP contribution in [0.4, 0.5) is 4.79 Å². The lowest BCUT2D eigenvalue weighted by Crippen LogP contribution is -2.81. The summed E-state index contributed by atoms with van der Waals surface area (Å²) in [5, 5.41) is 30.1. The monoisotopic (exact) mass is 1110 g/mol. The first-order valence-corrected chi connectivity index (χ1v) is 28.0. The van der Waals surface area contributed by atoms with Gasteiger partial charge in [-0.3, -0.25) is 19.2 Å². The first-order valence-electron chi connectivity index (χ1n) is 25.9. The zero-order valence-corrected chi connectivity index (χ0v) is 46.0. The van der Waals surface area contributed by atoms with Crippen LogP contribution in [0.5, 0.6) is 0 Å². The number of amides is 1. The summed E-state index contributed by atoms with van der Waals surface area (Å²) in [7, 11) is 2.98. The van der Waals surface area contributed by atoms with E-state index in [1.165, 1.54) is 35.4 Å². The number of hydrogen-bond acceptors (Lipinski definition) is 18. The Labute approximate surface area is 465 Å². The smallest absolute Gasteiger partial charge is 0.455 e. The van der Waals surface area contributed by atoms with Gasteiger partial charge >= 0.3 is 24.1 Å². The van der Waals surface area contributed by atoms with Crippen LogP contribution in [0.25, 0.3) is 0 Å². The Balaban J connectivity index is 1.11. The third-order valence-corrected chi connectivity index (χ3v) is 18.2. The van der Waals surface area contributed by atoms with Crippen molar-refractivity contribution in [2.24, 2.45) is 16.7 Å². The van der Waals surface area contributed by atoms with Crippen LogP contribution in [0.15, 0.2) is 161 Å². The normalized spacial score (nSPS) is 27.4. The van der Waals surface area contributed by atoms with E-state index in [0.29, 0.717) is 16.7 Å². The maximum atomic E-state index is 15.8. The molecule has 19 heteroatoms. The number of pyridine rings is 1. The number of rotatable bonds is 17. The predicted molar refractivity (Wildman–Crippen MR) is 289 cm³/mol. The average Bonchev–Trinajstić information content (AvgIpc) is 3.51. The van der Waals surface area contributed by atoms with Crippen LogP contribution in [-0.4, -0.2) is 105 Å². The van der Waals surface area contributed by atoms with Crippen molar-refractivity contribution in [2.75, 3.05) is 6.61 Å². The van der Waals surface area contributed by atoms with Crippen molar-refractivity contribution in [2.45, 2.75) is 131 Å². The van der Waals surface area contributed by atoms with Crippen LogP contribution in [0.2, 0.25) is 0 Å². The number of aliphatic hydroxyl groups excluding tert-OH is 1. The van der Waals surface area contributed by atoms with Gasteiger partial charge in [-0.1, -0.05) is 122 Å². The summed E-state index contributed by atoms with van der Waals surface area (Å²) < 4.78 is 43.3. The van der Waals surface area contributed by atoms with Crippen molar-refractivity contribution in [3.8, 4) is 0 Å². The van der Waals surface area contributed by atoms with Crippen molar-refractivity contribution in [1.29, 1.82) is 0 Å². The highest BCUT2D eigenvalue weighted by Crippen LogP contribution is 2.64. The number of esters is 3. The largest absolute Gasteiger partial charge is 0.509 e. The van der Waals surface area contributed by atoms with E-state index in [9.17, 15) is 29.4 Å². The molecule has 4 aromatic carbocycles. The molecule has 2 heterocycles. The van der Waals surface area contributed by atoms with E-state index in [4.69, 9.17) is 33.2 Å². The molecule has 1 saturated heterocycles. The third kappa shape index (κ3) is 11.3. The Kier molecular flexibility index (Phi) is 16.9. The number of benzene rings is 4. The molecule has 1 aromatic heterocycles. The number of ether oxygens (including phenoxy) is 7. The van der Waals surface area contributed by atoms with Crippen LogP contribution in [0, 0.1) is 16.7 Å². The fourth-order valence-corrected chi connectivity index (χ4v) is 13.6. The van der Waals surface area contributed by atoms with E-state index in [0.717, 1.165) is 16.8 Å². The van der Waals surface area contributed by atoms with E-state index in [1.807, 2.05) is 36.4 Å². The maximum Gasteiger partial charge on any atom is 0.509 e. The lowest BCUT2D eigenvalue weighted by atomic mass is 9.44. The molecule has 0 unspecified atom stereocenters. The number of aromatic nitrogens is 1. The molecule has 2 saturated carbocycles. The molecule has 17 nitrogen and oxygen atoms in total. The van der Waals surface area contributed by atoms with Gasteiger partial charge in [0.1, 0.15) is 35.5 Å². The Morgan fingerprint density at radius 1 is 0.797 bits per heavy atom. The molecule has 3 fully saturated rings. The summed E-state index contributed by atoms with van der Waals surface area (Å²) in [5.41, 5.74) is -5.38. The summed E-state index contributed by atoms with van der Waals surface area (Å²) in [5.74, 6) is -5.60. The van der Waals surface area contributed by atoms with Crippen LogP contribution < -0.4 is 5.32 Å². The van der Waals surface area contributed by atoms with Gasteiger partial charge in [-0.05, 0) is 88.9 Å². The van der Waals surface area contributed by atoms with Gasteiger partial charge in [-0.15, -0.1) is 0 Å². The highest BCUT2D eigenvalue weighted by Gasteiger charge is 2.77. The van der Waals surface area contributed by atoms with Gasteiger partial charge in [0, 0.05) is 54.7 Å². The summed E-state index contributed by atoms with van der Waals surface area (Å²) >= 11 is 0. The first-order chi connectivity index (χ1) is 37.8. The zero-order valence-electron chi connectivity index (χ0n) is 44.4. The lowest BCUT2D eigenvalue weighted by molar-refractivity contribution is -0.351. The molecule has 0 radical (unpaired) electrons. The number of hydrogen-bond donors (Lipinski definition) is 3. The molecule has 1 amide bonds. The molecule has 1 aliphatic heterocycles. The fourth-order valence-electron chi connectivity index (χ4n) is 11.8. The molecule has 414 valence electrons. The second kappa shape index (κ2) is 23.5. The van der Waals surface area contributed by atoms with Gasteiger partial charge in [-0.2, -0.15) is 0 Å². The Bertz CT molecular complexity index is 3080. The first kappa shape index (κ1) is 56.8. The number of carbonyl (C=O) groups is 6. The van der Waals surface area contributed by atoms with Crippen LogP contribution in [-0.2, 0) is 65.5 Å². The zero-order chi connectivity index (χ0) is 56.3. The molecule has 2 bridgehead atoms. The highest BCUT2D eigenvalue weighted by atomic mass is 33.1. The number of ketones is 1. The highest BCUT2D eigenvalue weighted by molar-refractivity contribution is 8.76. The molecule has 3 N–H and O–H groups in total. The molecule has 5 aromatic rings. The molecule has 0 spiro atoms. The summed E-state index contributed by atoms with van der Waals surface area (Å²) in [6.07, 6.45) is -9.47. The van der Waals surface area contributed by atoms with Crippen molar-refractivity contribution in [1.82, 2.24) is 10.3 Å². The minimum atomic E-state index is -2.25. The molecule has 9 rings (SSSR count). The van der Waals surface area contributed by atoms with Gasteiger partial charge < -0.3 is 48.7 Å². The molecular weight excluding hydrogens is 1050 g/mol. The van der Waals surface area contributed by atoms with Gasteiger partial charge in [0.05, 0.1) is 30.8 Å². The minimum Gasteiger partial charge on any atom is -0.455 e.